The van der Waals surface area contributed by atoms with Crippen molar-refractivity contribution in [2.45, 2.75) is 32.4 Å². The molecule has 3 nitrogen and oxygen atoms in total. The van der Waals surface area contributed by atoms with E-state index in [9.17, 15) is 4.79 Å². The molecule has 1 heterocycles. The Morgan fingerprint density at radius 3 is 2.31 bits per heavy atom. The summed E-state index contributed by atoms with van der Waals surface area (Å²) in [6.07, 6.45) is 0. The Morgan fingerprint density at radius 1 is 0.897 bits per heavy atom. The van der Waals surface area contributed by atoms with Crippen molar-refractivity contribution in [3.63, 3.8) is 0 Å². The Morgan fingerprint density at radius 2 is 1.55 bits per heavy atom. The van der Waals surface area contributed by atoms with E-state index in [1.807, 2.05) is 6.07 Å². The maximum absolute atomic E-state index is 12.2. The minimum absolute atomic E-state index is 0.0947. The number of benzene rings is 3. The van der Waals surface area contributed by atoms with Crippen molar-refractivity contribution in [3.8, 4) is 11.1 Å². The first-order valence-corrected chi connectivity index (χ1v) is 10.4. The van der Waals surface area contributed by atoms with E-state index in [4.69, 9.17) is 0 Å². The van der Waals surface area contributed by atoms with Gasteiger partial charge in [-0.15, -0.1) is 0 Å². The Hall–Kier alpha value is -2.91. The molecule has 4 rings (SSSR count). The molecule has 0 saturated carbocycles. The summed E-state index contributed by atoms with van der Waals surface area (Å²) in [5, 5.41) is 3.04. The molecule has 148 valence electrons. The summed E-state index contributed by atoms with van der Waals surface area (Å²) < 4.78 is 0. The number of hydrogen-bond acceptors (Lipinski definition) is 2. The highest BCUT2D eigenvalue weighted by atomic mass is 16.2. The number of amides is 1. The molecule has 3 heteroatoms. The van der Waals surface area contributed by atoms with Crippen LogP contribution in [0.15, 0.2) is 78.9 Å². The van der Waals surface area contributed by atoms with Crippen LogP contribution < -0.4 is 5.32 Å². The summed E-state index contributed by atoms with van der Waals surface area (Å²) in [4.78, 5) is 14.5. The number of carbonyl (C=O) groups is 1. The minimum atomic E-state index is 0.0947. The van der Waals surface area contributed by atoms with Gasteiger partial charge in [-0.3, -0.25) is 9.69 Å². The van der Waals surface area contributed by atoms with Gasteiger partial charge in [0.2, 0.25) is 5.91 Å². The van der Waals surface area contributed by atoms with Crippen LogP contribution in [0.5, 0.6) is 0 Å². The average Bonchev–Trinajstić information content (AvgIpc) is 2.75. The second-order valence-electron chi connectivity index (χ2n) is 8.03. The quantitative estimate of drug-likeness (QED) is 0.660. The summed E-state index contributed by atoms with van der Waals surface area (Å²) in [6.45, 7) is 6.28. The first-order valence-electron chi connectivity index (χ1n) is 10.4. The monoisotopic (exact) mass is 384 g/mol. The predicted molar refractivity (Wildman–Crippen MR) is 119 cm³/mol. The molecule has 0 spiro atoms. The van der Waals surface area contributed by atoms with E-state index in [0.717, 1.165) is 6.54 Å². The third-order valence-corrected chi connectivity index (χ3v) is 5.73. The molecule has 0 radical (unpaired) electrons. The molecule has 3 aromatic carbocycles. The molecule has 1 amide bonds. The summed E-state index contributed by atoms with van der Waals surface area (Å²) in [5.74, 6) is 0.550. The van der Waals surface area contributed by atoms with Crippen LogP contribution in [0.2, 0.25) is 0 Å². The van der Waals surface area contributed by atoms with E-state index >= 15 is 0 Å². The number of nitrogens with one attached hydrogen (secondary N) is 1. The molecule has 1 aliphatic rings. The normalized spacial score (nSPS) is 17.3. The van der Waals surface area contributed by atoms with Crippen LogP contribution in [0.25, 0.3) is 11.1 Å². The van der Waals surface area contributed by atoms with Gasteiger partial charge in [0.15, 0.2) is 0 Å². The summed E-state index contributed by atoms with van der Waals surface area (Å²) in [7, 11) is 0. The molecule has 1 aliphatic heterocycles. The zero-order chi connectivity index (χ0) is 20.2. The average molecular weight is 385 g/mol. The van der Waals surface area contributed by atoms with Gasteiger partial charge >= 0.3 is 0 Å². The lowest BCUT2D eigenvalue weighted by Gasteiger charge is -2.36. The molecule has 29 heavy (non-hydrogen) atoms. The number of hydrogen-bond donors (Lipinski definition) is 1. The molecule has 1 atom stereocenters. The van der Waals surface area contributed by atoms with Crippen molar-refractivity contribution < 1.29 is 4.79 Å². The van der Waals surface area contributed by atoms with E-state index in [-0.39, 0.29) is 11.9 Å². The van der Waals surface area contributed by atoms with Crippen LogP contribution >= 0.6 is 0 Å². The standard InChI is InChI=1S/C26H28N2O/c1-19(2)22-13-8-9-15-24(22)23-14-7-6-12-21(23)17-28-18-26(29)27-16-25(28)20-10-4-3-5-11-20/h3-15,19,25H,16-18H2,1-2H3,(H,27,29)/t25-/m1/s1. The lowest BCUT2D eigenvalue weighted by molar-refractivity contribution is -0.125. The lowest BCUT2D eigenvalue weighted by atomic mass is 9.90. The Labute approximate surface area is 173 Å². The number of nitrogens with zero attached hydrogens (tertiary/aromatic N) is 1. The zero-order valence-corrected chi connectivity index (χ0v) is 17.1. The van der Waals surface area contributed by atoms with Crippen molar-refractivity contribution in [1.82, 2.24) is 10.2 Å². The van der Waals surface area contributed by atoms with Gasteiger partial charge in [0.05, 0.1) is 12.6 Å². The smallest absolute Gasteiger partial charge is 0.234 e. The van der Waals surface area contributed by atoms with Crippen molar-refractivity contribution in [2.24, 2.45) is 0 Å². The first kappa shape index (κ1) is 19.4. The highest BCUT2D eigenvalue weighted by molar-refractivity contribution is 5.79. The van der Waals surface area contributed by atoms with Gasteiger partial charge in [0, 0.05) is 13.1 Å². The first-order chi connectivity index (χ1) is 14.1. The van der Waals surface area contributed by atoms with Gasteiger partial charge in [-0.05, 0) is 33.7 Å². The van der Waals surface area contributed by atoms with Crippen molar-refractivity contribution >= 4 is 5.91 Å². The maximum atomic E-state index is 12.2. The van der Waals surface area contributed by atoms with Gasteiger partial charge in [0.25, 0.3) is 0 Å². The van der Waals surface area contributed by atoms with E-state index in [0.29, 0.717) is 19.0 Å². The van der Waals surface area contributed by atoms with E-state index in [2.05, 4.69) is 96.9 Å². The molecule has 1 fully saturated rings. The maximum Gasteiger partial charge on any atom is 0.234 e. The fourth-order valence-corrected chi connectivity index (χ4v) is 4.25. The van der Waals surface area contributed by atoms with Gasteiger partial charge in [0.1, 0.15) is 0 Å². The van der Waals surface area contributed by atoms with Crippen LogP contribution in [0.1, 0.15) is 42.5 Å². The predicted octanol–water partition coefficient (Wildman–Crippen LogP) is 5.15. The molecule has 1 saturated heterocycles. The Bertz CT molecular complexity index is 981. The van der Waals surface area contributed by atoms with Gasteiger partial charge in [-0.25, -0.2) is 0 Å². The highest BCUT2D eigenvalue weighted by Gasteiger charge is 2.28. The summed E-state index contributed by atoms with van der Waals surface area (Å²) in [6, 6.07) is 27.9. The number of rotatable bonds is 5. The van der Waals surface area contributed by atoms with Gasteiger partial charge < -0.3 is 5.32 Å². The van der Waals surface area contributed by atoms with Gasteiger partial charge in [-0.2, -0.15) is 0 Å². The summed E-state index contributed by atoms with van der Waals surface area (Å²) >= 11 is 0. The van der Waals surface area contributed by atoms with Crippen LogP contribution in [-0.2, 0) is 11.3 Å². The second kappa shape index (κ2) is 8.62. The van der Waals surface area contributed by atoms with Crippen LogP contribution in [0.4, 0.5) is 0 Å². The third kappa shape index (κ3) is 4.25. The molecular weight excluding hydrogens is 356 g/mol. The highest BCUT2D eigenvalue weighted by Crippen LogP contribution is 2.33. The molecule has 0 unspecified atom stereocenters. The van der Waals surface area contributed by atoms with Crippen molar-refractivity contribution in [2.75, 3.05) is 13.1 Å². The third-order valence-electron chi connectivity index (χ3n) is 5.73. The lowest BCUT2D eigenvalue weighted by Crippen LogP contribution is -2.49. The minimum Gasteiger partial charge on any atom is -0.353 e. The van der Waals surface area contributed by atoms with Crippen LogP contribution in [0, 0.1) is 0 Å². The largest absolute Gasteiger partial charge is 0.353 e. The van der Waals surface area contributed by atoms with E-state index in [1.54, 1.807) is 0 Å². The molecule has 1 N–H and O–H groups in total. The van der Waals surface area contributed by atoms with Crippen molar-refractivity contribution in [3.05, 3.63) is 95.6 Å². The zero-order valence-electron chi connectivity index (χ0n) is 17.1. The van der Waals surface area contributed by atoms with Crippen LogP contribution in [0.3, 0.4) is 0 Å². The molecular formula is C26H28N2O. The fourth-order valence-electron chi connectivity index (χ4n) is 4.25. The van der Waals surface area contributed by atoms with Crippen LogP contribution in [-0.4, -0.2) is 23.9 Å². The van der Waals surface area contributed by atoms with E-state index in [1.165, 1.54) is 27.8 Å². The van der Waals surface area contributed by atoms with Crippen molar-refractivity contribution in [1.29, 1.82) is 0 Å². The second-order valence-corrected chi connectivity index (χ2v) is 8.03. The molecule has 0 bridgehead atoms. The van der Waals surface area contributed by atoms with E-state index < -0.39 is 0 Å². The Kier molecular flexibility index (Phi) is 5.77. The fraction of sp³-hybridized carbons (Fsp3) is 0.269. The molecule has 0 aromatic heterocycles. The number of carbonyl (C=O) groups excluding carboxylic acids is 1. The van der Waals surface area contributed by atoms with Gasteiger partial charge in [-0.1, -0.05) is 92.7 Å². The number of piperazine rings is 1. The SMILES string of the molecule is CC(C)c1ccccc1-c1ccccc1CN1CC(=O)NC[C@@H]1c1ccccc1. The topological polar surface area (TPSA) is 32.3 Å². The molecule has 0 aliphatic carbocycles. The summed E-state index contributed by atoms with van der Waals surface area (Å²) in [5.41, 5.74) is 6.41. The molecule has 3 aromatic rings. The Balaban J connectivity index is 1.70.